The topological polar surface area (TPSA) is 47.6 Å². The lowest BCUT2D eigenvalue weighted by atomic mass is 10.1. The Morgan fingerprint density at radius 1 is 1.14 bits per heavy atom. The molecule has 1 N–H and O–H groups in total. The Hall–Kier alpha value is -2.49. The lowest BCUT2D eigenvalue weighted by molar-refractivity contribution is -0.118. The Morgan fingerprint density at radius 2 is 1.95 bits per heavy atom. The van der Waals surface area contributed by atoms with Gasteiger partial charge in [-0.1, -0.05) is 36.4 Å². The largest absolute Gasteiger partial charge is 0.493 e. The van der Waals surface area contributed by atoms with Crippen LogP contribution in [0.1, 0.15) is 22.2 Å². The van der Waals surface area contributed by atoms with Crippen LogP contribution in [0.3, 0.4) is 0 Å². The summed E-state index contributed by atoms with van der Waals surface area (Å²) in [7, 11) is -2.57. The molecule has 4 heteroatoms. The standard InChI is InChI=1S/C18H21NO3/c1-14(20)19-11-10-15-8-9-17(18(12-15)21-2)22-13-16-6-4-3-5-7-16/h3-9,12H,10-11,13H2,1-2H3,(H,19,20)/i2D3. The maximum Gasteiger partial charge on any atom is 0.216 e. The van der Waals surface area contributed by atoms with Crippen molar-refractivity contribution in [3.8, 4) is 11.5 Å². The second kappa shape index (κ2) is 8.08. The van der Waals surface area contributed by atoms with Crippen LogP contribution >= 0.6 is 0 Å². The van der Waals surface area contributed by atoms with Crippen molar-refractivity contribution in [3.05, 3.63) is 59.7 Å². The molecule has 0 saturated heterocycles. The van der Waals surface area contributed by atoms with E-state index in [1.165, 1.54) is 6.92 Å². The molecule has 0 spiro atoms. The summed E-state index contributed by atoms with van der Waals surface area (Å²) in [5.74, 6) is 0.418. The van der Waals surface area contributed by atoms with E-state index in [9.17, 15) is 4.79 Å². The summed E-state index contributed by atoms with van der Waals surface area (Å²) in [6.07, 6.45) is 0.565. The van der Waals surface area contributed by atoms with Gasteiger partial charge >= 0.3 is 0 Å². The highest BCUT2D eigenvalue weighted by atomic mass is 16.5. The normalized spacial score (nSPS) is 12.7. The van der Waals surface area contributed by atoms with Crippen molar-refractivity contribution in [2.24, 2.45) is 0 Å². The number of amides is 1. The number of methoxy groups -OCH3 is 1. The summed E-state index contributed by atoms with van der Waals surface area (Å²) in [4.78, 5) is 10.9. The van der Waals surface area contributed by atoms with Gasteiger partial charge in [-0.05, 0) is 29.7 Å². The van der Waals surface area contributed by atoms with Crippen molar-refractivity contribution >= 4 is 5.91 Å². The highest BCUT2D eigenvalue weighted by molar-refractivity contribution is 5.72. The van der Waals surface area contributed by atoms with E-state index >= 15 is 0 Å². The number of benzene rings is 2. The quantitative estimate of drug-likeness (QED) is 0.855. The fourth-order valence-electron chi connectivity index (χ4n) is 2.03. The Morgan fingerprint density at radius 3 is 2.68 bits per heavy atom. The second-order valence-electron chi connectivity index (χ2n) is 4.89. The van der Waals surface area contributed by atoms with Crippen molar-refractivity contribution < 1.29 is 18.4 Å². The molecule has 2 aromatic rings. The molecule has 0 atom stereocenters. The molecule has 1 amide bonds. The first-order valence-electron chi connectivity index (χ1n) is 8.56. The number of ether oxygens (including phenoxy) is 2. The van der Waals surface area contributed by atoms with Crippen molar-refractivity contribution in [3.63, 3.8) is 0 Å². The van der Waals surface area contributed by atoms with Crippen LogP contribution in [0.25, 0.3) is 0 Å². The molecule has 0 bridgehead atoms. The van der Waals surface area contributed by atoms with E-state index in [0.717, 1.165) is 11.1 Å². The van der Waals surface area contributed by atoms with Crippen molar-refractivity contribution in [1.29, 1.82) is 0 Å². The number of hydrogen-bond donors (Lipinski definition) is 1. The molecule has 116 valence electrons. The van der Waals surface area contributed by atoms with Crippen LogP contribution in [0.4, 0.5) is 0 Å². The van der Waals surface area contributed by atoms with Crippen LogP contribution in [-0.4, -0.2) is 19.5 Å². The molecule has 2 aromatic carbocycles. The summed E-state index contributed by atoms with van der Waals surface area (Å²) in [6, 6.07) is 14.7. The van der Waals surface area contributed by atoms with Gasteiger partial charge in [-0.3, -0.25) is 4.79 Å². The lowest BCUT2D eigenvalue weighted by Crippen LogP contribution is -2.22. The molecule has 4 nitrogen and oxygen atoms in total. The van der Waals surface area contributed by atoms with E-state index in [2.05, 4.69) is 5.32 Å². The van der Waals surface area contributed by atoms with E-state index in [1.807, 2.05) is 36.4 Å². The maximum absolute atomic E-state index is 10.9. The molecule has 2 rings (SSSR count). The summed E-state index contributed by atoms with van der Waals surface area (Å²) >= 11 is 0. The molecular weight excluding hydrogens is 278 g/mol. The summed E-state index contributed by atoms with van der Waals surface area (Å²) in [5.41, 5.74) is 1.82. The third-order valence-corrected chi connectivity index (χ3v) is 3.14. The molecule has 0 aliphatic rings. The number of rotatable bonds is 7. The fraction of sp³-hybridized carbons (Fsp3) is 0.278. The smallest absolute Gasteiger partial charge is 0.216 e. The SMILES string of the molecule is [2H]C([2H])([2H])Oc1cc(CCNC(C)=O)ccc1OCc1ccccc1. The fourth-order valence-corrected chi connectivity index (χ4v) is 2.03. The highest BCUT2D eigenvalue weighted by Crippen LogP contribution is 2.29. The van der Waals surface area contributed by atoms with Crippen LogP contribution in [0.15, 0.2) is 48.5 Å². The zero-order chi connectivity index (χ0) is 18.3. The number of nitrogens with one attached hydrogen (secondary N) is 1. The van der Waals surface area contributed by atoms with Crippen molar-refractivity contribution in [1.82, 2.24) is 5.32 Å². The lowest BCUT2D eigenvalue weighted by Gasteiger charge is -2.12. The third kappa shape index (κ3) is 4.81. The van der Waals surface area contributed by atoms with Crippen LogP contribution in [0.2, 0.25) is 0 Å². The molecule has 0 aromatic heterocycles. The van der Waals surface area contributed by atoms with E-state index in [1.54, 1.807) is 12.1 Å². The van der Waals surface area contributed by atoms with E-state index in [-0.39, 0.29) is 11.7 Å². The average Bonchev–Trinajstić information content (AvgIpc) is 2.53. The van der Waals surface area contributed by atoms with Gasteiger partial charge < -0.3 is 14.8 Å². The van der Waals surface area contributed by atoms with Gasteiger partial charge in [-0.15, -0.1) is 0 Å². The first-order valence-corrected chi connectivity index (χ1v) is 7.06. The van der Waals surface area contributed by atoms with Gasteiger partial charge in [0, 0.05) is 13.5 Å². The van der Waals surface area contributed by atoms with Gasteiger partial charge in [0.2, 0.25) is 5.91 Å². The number of carbonyl (C=O) groups excluding carboxylic acids is 1. The number of carbonyl (C=O) groups is 1. The zero-order valence-electron chi connectivity index (χ0n) is 15.5. The predicted molar refractivity (Wildman–Crippen MR) is 86.2 cm³/mol. The molecule has 0 heterocycles. The van der Waals surface area contributed by atoms with Crippen LogP contribution < -0.4 is 14.8 Å². The Kier molecular flexibility index (Phi) is 4.44. The van der Waals surface area contributed by atoms with Gasteiger partial charge in [0.25, 0.3) is 0 Å². The molecule has 0 aliphatic heterocycles. The predicted octanol–water partition coefficient (Wildman–Crippen LogP) is 2.95. The second-order valence-corrected chi connectivity index (χ2v) is 4.89. The molecule has 0 saturated carbocycles. The van der Waals surface area contributed by atoms with Crippen molar-refractivity contribution in [2.75, 3.05) is 13.6 Å². The molecule has 0 aliphatic carbocycles. The van der Waals surface area contributed by atoms with E-state index < -0.39 is 7.04 Å². The molecule has 0 unspecified atom stereocenters. The average molecular weight is 302 g/mol. The minimum Gasteiger partial charge on any atom is -0.493 e. The third-order valence-electron chi connectivity index (χ3n) is 3.14. The van der Waals surface area contributed by atoms with E-state index in [0.29, 0.717) is 25.3 Å². The van der Waals surface area contributed by atoms with Gasteiger partial charge in [-0.25, -0.2) is 0 Å². The number of hydrogen-bond acceptors (Lipinski definition) is 3. The van der Waals surface area contributed by atoms with Gasteiger partial charge in [-0.2, -0.15) is 0 Å². The Bertz CT molecular complexity index is 702. The molecule has 0 radical (unpaired) electrons. The first-order chi connectivity index (χ1) is 11.8. The van der Waals surface area contributed by atoms with Crippen molar-refractivity contribution in [2.45, 2.75) is 20.0 Å². The Labute approximate surface area is 135 Å². The maximum atomic E-state index is 10.9. The Balaban J connectivity index is 2.11. The highest BCUT2D eigenvalue weighted by Gasteiger charge is 2.06. The molecule has 22 heavy (non-hydrogen) atoms. The van der Waals surface area contributed by atoms with Crippen LogP contribution in [0.5, 0.6) is 11.5 Å². The minimum atomic E-state index is -2.57. The monoisotopic (exact) mass is 302 g/mol. The summed E-state index contributed by atoms with van der Waals surface area (Å²) < 4.78 is 32.8. The summed E-state index contributed by atoms with van der Waals surface area (Å²) in [6.45, 7) is 2.22. The van der Waals surface area contributed by atoms with E-state index in [4.69, 9.17) is 13.6 Å². The van der Waals surface area contributed by atoms with Gasteiger partial charge in [0.1, 0.15) is 6.61 Å². The molecule has 0 fully saturated rings. The molecular formula is C18H21NO3. The minimum absolute atomic E-state index is 0.109. The summed E-state index contributed by atoms with van der Waals surface area (Å²) in [5, 5.41) is 2.70. The van der Waals surface area contributed by atoms with Gasteiger partial charge in [0.05, 0.1) is 11.2 Å². The van der Waals surface area contributed by atoms with Gasteiger partial charge in [0.15, 0.2) is 11.5 Å². The zero-order valence-corrected chi connectivity index (χ0v) is 12.5. The first kappa shape index (κ1) is 12.1. The van der Waals surface area contributed by atoms with Crippen LogP contribution in [0, 0.1) is 0 Å². The van der Waals surface area contributed by atoms with Crippen LogP contribution in [-0.2, 0) is 17.8 Å².